The van der Waals surface area contributed by atoms with Crippen LogP contribution in [0.2, 0.25) is 0 Å². The summed E-state index contributed by atoms with van der Waals surface area (Å²) in [7, 11) is 1.73. The summed E-state index contributed by atoms with van der Waals surface area (Å²) in [4.78, 5) is 0. The summed E-state index contributed by atoms with van der Waals surface area (Å²) in [6, 6.07) is 4.40. The molecule has 0 aliphatic heterocycles. The molecule has 0 aromatic heterocycles. The van der Waals surface area contributed by atoms with Gasteiger partial charge in [0.1, 0.15) is 5.75 Å². The van der Waals surface area contributed by atoms with E-state index in [0.717, 1.165) is 43.8 Å². The van der Waals surface area contributed by atoms with Gasteiger partial charge in [-0.15, -0.1) is 0 Å². The summed E-state index contributed by atoms with van der Waals surface area (Å²) >= 11 is 0. The molecule has 1 aliphatic rings. The molecule has 0 unspecified atom stereocenters. The van der Waals surface area contributed by atoms with E-state index in [-0.39, 0.29) is 6.10 Å². The minimum atomic E-state index is -0.0556. The Bertz CT molecular complexity index is 404. The highest BCUT2D eigenvalue weighted by Crippen LogP contribution is 2.30. The van der Waals surface area contributed by atoms with E-state index in [4.69, 9.17) is 4.74 Å². The van der Waals surface area contributed by atoms with Crippen LogP contribution < -0.4 is 4.74 Å². The van der Waals surface area contributed by atoms with Crippen LogP contribution in [0, 0.1) is 19.8 Å². The molecule has 2 nitrogen and oxygen atoms in total. The van der Waals surface area contributed by atoms with Gasteiger partial charge in [0.2, 0.25) is 0 Å². The number of rotatable bonds is 3. The van der Waals surface area contributed by atoms with Gasteiger partial charge in [0, 0.05) is 0 Å². The van der Waals surface area contributed by atoms with Gasteiger partial charge < -0.3 is 9.84 Å². The van der Waals surface area contributed by atoms with Gasteiger partial charge in [-0.05, 0) is 74.6 Å². The fourth-order valence-corrected chi connectivity index (χ4v) is 2.95. The van der Waals surface area contributed by atoms with Gasteiger partial charge in [0.25, 0.3) is 0 Å². The average molecular weight is 248 g/mol. The lowest BCUT2D eigenvalue weighted by Crippen LogP contribution is -2.19. The molecule has 0 amide bonds. The van der Waals surface area contributed by atoms with Crippen molar-refractivity contribution in [2.75, 3.05) is 7.11 Å². The molecule has 18 heavy (non-hydrogen) atoms. The van der Waals surface area contributed by atoms with Crippen LogP contribution in [-0.2, 0) is 6.42 Å². The van der Waals surface area contributed by atoms with E-state index in [1.807, 2.05) is 0 Å². The Labute approximate surface area is 110 Å². The zero-order valence-electron chi connectivity index (χ0n) is 11.7. The lowest BCUT2D eigenvalue weighted by molar-refractivity contribution is 0.108. The Hall–Kier alpha value is -1.02. The highest BCUT2D eigenvalue weighted by atomic mass is 16.5. The van der Waals surface area contributed by atoms with Crippen LogP contribution in [0.3, 0.4) is 0 Å². The topological polar surface area (TPSA) is 29.5 Å². The lowest BCUT2D eigenvalue weighted by atomic mass is 9.82. The molecule has 0 saturated heterocycles. The second-order valence-corrected chi connectivity index (χ2v) is 5.63. The first-order chi connectivity index (χ1) is 8.60. The molecule has 2 heteroatoms. The minimum absolute atomic E-state index is 0.0556. The third-order valence-corrected chi connectivity index (χ3v) is 4.18. The second-order valence-electron chi connectivity index (χ2n) is 5.63. The van der Waals surface area contributed by atoms with Crippen LogP contribution in [0.4, 0.5) is 0 Å². The van der Waals surface area contributed by atoms with Crippen LogP contribution in [0.25, 0.3) is 0 Å². The van der Waals surface area contributed by atoms with Crippen molar-refractivity contribution < 1.29 is 9.84 Å². The molecule has 100 valence electrons. The highest BCUT2D eigenvalue weighted by Gasteiger charge is 2.20. The number of aliphatic hydroxyl groups is 1. The summed E-state index contributed by atoms with van der Waals surface area (Å²) in [5, 5.41) is 9.54. The van der Waals surface area contributed by atoms with Crippen LogP contribution in [0.1, 0.15) is 42.4 Å². The molecule has 1 aromatic carbocycles. The summed E-state index contributed by atoms with van der Waals surface area (Å²) in [6.45, 7) is 4.27. The van der Waals surface area contributed by atoms with Crippen molar-refractivity contribution in [3.63, 3.8) is 0 Å². The zero-order chi connectivity index (χ0) is 13.1. The fourth-order valence-electron chi connectivity index (χ4n) is 2.95. The van der Waals surface area contributed by atoms with E-state index in [1.165, 1.54) is 16.7 Å². The molecule has 0 atom stereocenters. The maximum Gasteiger partial charge on any atom is 0.122 e. The Morgan fingerprint density at radius 2 is 1.78 bits per heavy atom. The standard InChI is InChI=1S/C16H24O2/c1-11-9-16(18-3)12(2)8-14(11)10-13-4-6-15(17)7-5-13/h8-9,13,15,17H,4-7,10H2,1-3H3. The predicted octanol–water partition coefficient (Wildman–Crippen LogP) is 3.41. The maximum atomic E-state index is 9.54. The summed E-state index contributed by atoms with van der Waals surface area (Å²) in [6.07, 6.45) is 5.35. The smallest absolute Gasteiger partial charge is 0.122 e. The SMILES string of the molecule is COc1cc(C)c(CC2CCC(O)CC2)cc1C. The molecule has 0 heterocycles. The lowest BCUT2D eigenvalue weighted by Gasteiger charge is -2.26. The van der Waals surface area contributed by atoms with Crippen LogP contribution in [-0.4, -0.2) is 18.3 Å². The summed E-state index contributed by atoms with van der Waals surface area (Å²) < 4.78 is 5.35. The quantitative estimate of drug-likeness (QED) is 0.888. The first-order valence-electron chi connectivity index (χ1n) is 6.92. The number of hydrogen-bond donors (Lipinski definition) is 1. The van der Waals surface area contributed by atoms with Crippen molar-refractivity contribution in [2.24, 2.45) is 5.92 Å². The van der Waals surface area contributed by atoms with E-state index >= 15 is 0 Å². The van der Waals surface area contributed by atoms with Gasteiger partial charge in [-0.1, -0.05) is 6.07 Å². The molecule has 1 aliphatic carbocycles. The third-order valence-electron chi connectivity index (χ3n) is 4.18. The Morgan fingerprint density at radius 1 is 1.11 bits per heavy atom. The Balaban J connectivity index is 2.07. The second kappa shape index (κ2) is 5.75. The van der Waals surface area contributed by atoms with Crippen molar-refractivity contribution in [3.05, 3.63) is 28.8 Å². The van der Waals surface area contributed by atoms with Crippen molar-refractivity contribution in [2.45, 2.75) is 52.1 Å². The van der Waals surface area contributed by atoms with Crippen molar-refractivity contribution in [1.82, 2.24) is 0 Å². The number of aliphatic hydroxyl groups excluding tert-OH is 1. The minimum Gasteiger partial charge on any atom is -0.496 e. The molecule has 1 fully saturated rings. The van der Waals surface area contributed by atoms with E-state index < -0.39 is 0 Å². The first-order valence-corrected chi connectivity index (χ1v) is 6.92. The molecule has 1 saturated carbocycles. The zero-order valence-corrected chi connectivity index (χ0v) is 11.7. The van der Waals surface area contributed by atoms with E-state index in [1.54, 1.807) is 7.11 Å². The van der Waals surface area contributed by atoms with E-state index in [2.05, 4.69) is 26.0 Å². The van der Waals surface area contributed by atoms with Gasteiger partial charge in [-0.3, -0.25) is 0 Å². The van der Waals surface area contributed by atoms with Gasteiger partial charge in [-0.25, -0.2) is 0 Å². The van der Waals surface area contributed by atoms with Crippen LogP contribution in [0.5, 0.6) is 5.75 Å². The molecule has 0 spiro atoms. The predicted molar refractivity (Wildman–Crippen MR) is 74.1 cm³/mol. The summed E-state index contributed by atoms with van der Waals surface area (Å²) in [5.41, 5.74) is 3.98. The van der Waals surface area contributed by atoms with Gasteiger partial charge in [0.15, 0.2) is 0 Å². The fraction of sp³-hybridized carbons (Fsp3) is 0.625. The molecule has 2 rings (SSSR count). The van der Waals surface area contributed by atoms with Crippen LogP contribution in [0.15, 0.2) is 12.1 Å². The van der Waals surface area contributed by atoms with Crippen LogP contribution >= 0.6 is 0 Å². The number of hydrogen-bond acceptors (Lipinski definition) is 2. The van der Waals surface area contributed by atoms with Crippen molar-refractivity contribution in [3.8, 4) is 5.75 Å². The molecular weight excluding hydrogens is 224 g/mol. The van der Waals surface area contributed by atoms with Crippen molar-refractivity contribution in [1.29, 1.82) is 0 Å². The van der Waals surface area contributed by atoms with Gasteiger partial charge in [-0.2, -0.15) is 0 Å². The number of ether oxygens (including phenoxy) is 1. The number of benzene rings is 1. The molecule has 0 bridgehead atoms. The normalized spacial score (nSPS) is 24.0. The van der Waals surface area contributed by atoms with Gasteiger partial charge in [0.05, 0.1) is 13.2 Å². The molecule has 0 radical (unpaired) electrons. The largest absolute Gasteiger partial charge is 0.496 e. The Morgan fingerprint density at radius 3 is 2.39 bits per heavy atom. The van der Waals surface area contributed by atoms with E-state index in [0.29, 0.717) is 0 Å². The van der Waals surface area contributed by atoms with Gasteiger partial charge >= 0.3 is 0 Å². The Kier molecular flexibility index (Phi) is 4.28. The van der Waals surface area contributed by atoms with E-state index in [9.17, 15) is 5.11 Å². The first kappa shape index (κ1) is 13.4. The molecular formula is C16H24O2. The number of methoxy groups -OCH3 is 1. The molecule has 1 aromatic rings. The number of aryl methyl sites for hydroxylation is 2. The monoisotopic (exact) mass is 248 g/mol. The highest BCUT2D eigenvalue weighted by molar-refractivity contribution is 5.41. The third kappa shape index (κ3) is 3.05. The molecule has 1 N–H and O–H groups in total. The maximum absolute atomic E-state index is 9.54. The average Bonchev–Trinajstić information content (AvgIpc) is 2.36. The summed E-state index contributed by atoms with van der Waals surface area (Å²) in [5.74, 6) is 1.72. The van der Waals surface area contributed by atoms with Crippen molar-refractivity contribution >= 4 is 0 Å².